The first-order valence-electron chi connectivity index (χ1n) is 5.77. The van der Waals surface area contributed by atoms with Gasteiger partial charge in [0.2, 0.25) is 0 Å². The molecule has 1 atom stereocenters. The summed E-state index contributed by atoms with van der Waals surface area (Å²) in [5.41, 5.74) is 1.67. The maximum atomic E-state index is 10.4. The number of nitrogens with zero attached hydrogens (tertiary/aromatic N) is 2. The fourth-order valence-corrected chi connectivity index (χ4v) is 2.10. The minimum absolute atomic E-state index is 0.662. The Morgan fingerprint density at radius 1 is 0.889 bits per heavy atom. The number of rotatable bonds is 2. The van der Waals surface area contributed by atoms with Crippen molar-refractivity contribution in [3.63, 3.8) is 0 Å². The van der Waals surface area contributed by atoms with E-state index in [0.29, 0.717) is 0 Å². The zero-order valence-electron chi connectivity index (χ0n) is 9.69. The first kappa shape index (κ1) is 10.9. The van der Waals surface area contributed by atoms with E-state index in [-0.39, 0.29) is 0 Å². The first-order chi connectivity index (χ1) is 8.86. The maximum absolute atomic E-state index is 10.4. The quantitative estimate of drug-likeness (QED) is 0.744. The van der Waals surface area contributed by atoms with E-state index in [1.807, 2.05) is 36.4 Å². The van der Waals surface area contributed by atoms with Gasteiger partial charge in [0.25, 0.3) is 0 Å². The van der Waals surface area contributed by atoms with Crippen LogP contribution in [0.25, 0.3) is 10.8 Å². The zero-order chi connectivity index (χ0) is 12.4. The number of fused-ring (bicyclic) bond motifs is 1. The van der Waals surface area contributed by atoms with E-state index in [9.17, 15) is 5.11 Å². The molecule has 88 valence electrons. The van der Waals surface area contributed by atoms with E-state index in [0.717, 1.165) is 21.9 Å². The molecule has 3 aromatic rings. The Bertz CT molecular complexity index is 662. The molecule has 3 heteroatoms. The smallest absolute Gasteiger partial charge is 0.106 e. The van der Waals surface area contributed by atoms with Gasteiger partial charge in [0.15, 0.2) is 0 Å². The third kappa shape index (κ3) is 1.85. The number of aliphatic hydroxyl groups is 1. The molecule has 0 saturated heterocycles. The van der Waals surface area contributed by atoms with Crippen molar-refractivity contribution in [1.29, 1.82) is 0 Å². The predicted molar refractivity (Wildman–Crippen MR) is 70.0 cm³/mol. The van der Waals surface area contributed by atoms with Gasteiger partial charge in [-0.1, -0.05) is 24.3 Å². The minimum Gasteiger partial charge on any atom is -0.384 e. The van der Waals surface area contributed by atoms with Crippen molar-refractivity contribution < 1.29 is 5.11 Å². The van der Waals surface area contributed by atoms with Gasteiger partial charge in [-0.15, -0.1) is 0 Å². The summed E-state index contributed by atoms with van der Waals surface area (Å²) in [5, 5.41) is 12.5. The topological polar surface area (TPSA) is 46.0 Å². The van der Waals surface area contributed by atoms with Crippen molar-refractivity contribution in [1.82, 2.24) is 9.97 Å². The first-order valence-corrected chi connectivity index (χ1v) is 5.77. The molecule has 3 nitrogen and oxygen atoms in total. The van der Waals surface area contributed by atoms with Crippen LogP contribution in [0.3, 0.4) is 0 Å². The van der Waals surface area contributed by atoms with E-state index in [1.54, 1.807) is 24.8 Å². The van der Waals surface area contributed by atoms with Crippen LogP contribution >= 0.6 is 0 Å². The van der Waals surface area contributed by atoms with Crippen LogP contribution in [-0.2, 0) is 0 Å². The fraction of sp³-hybridized carbons (Fsp3) is 0.0667. The number of benzene rings is 1. The molecule has 0 saturated carbocycles. The van der Waals surface area contributed by atoms with E-state index in [2.05, 4.69) is 9.97 Å². The molecular formula is C15H12N2O. The van der Waals surface area contributed by atoms with Crippen LogP contribution in [0.5, 0.6) is 0 Å². The lowest BCUT2D eigenvalue weighted by Gasteiger charge is -2.13. The molecule has 0 bridgehead atoms. The number of aliphatic hydroxyl groups excluding tert-OH is 1. The van der Waals surface area contributed by atoms with Gasteiger partial charge in [0.1, 0.15) is 6.10 Å². The SMILES string of the molecule is OC(c1cccnc1)c1cccc2cnccc12. The third-order valence-corrected chi connectivity index (χ3v) is 3.01. The Labute approximate surface area is 105 Å². The normalized spacial score (nSPS) is 12.5. The van der Waals surface area contributed by atoms with Gasteiger partial charge >= 0.3 is 0 Å². The highest BCUT2D eigenvalue weighted by molar-refractivity contribution is 5.85. The zero-order valence-corrected chi connectivity index (χ0v) is 9.69. The van der Waals surface area contributed by atoms with Crippen molar-refractivity contribution >= 4 is 10.8 Å². The molecule has 2 aromatic heterocycles. The standard InChI is InChI=1S/C15H12N2O/c18-15(12-4-2-7-16-10-12)14-5-1-3-11-9-17-8-6-13(11)14/h1-10,15,18H. The van der Waals surface area contributed by atoms with E-state index < -0.39 is 6.10 Å². The van der Waals surface area contributed by atoms with Crippen LogP contribution in [0.1, 0.15) is 17.2 Å². The summed E-state index contributed by atoms with van der Waals surface area (Å²) in [5.74, 6) is 0. The van der Waals surface area contributed by atoms with Crippen molar-refractivity contribution in [3.05, 3.63) is 72.3 Å². The largest absolute Gasteiger partial charge is 0.384 e. The highest BCUT2D eigenvalue weighted by Gasteiger charge is 2.13. The molecule has 0 aliphatic rings. The maximum Gasteiger partial charge on any atom is 0.106 e. The molecule has 0 radical (unpaired) electrons. The number of hydrogen-bond donors (Lipinski definition) is 1. The van der Waals surface area contributed by atoms with Gasteiger partial charge in [-0.05, 0) is 23.1 Å². The third-order valence-electron chi connectivity index (χ3n) is 3.01. The summed E-state index contributed by atoms with van der Waals surface area (Å²) in [4.78, 5) is 8.13. The Balaban J connectivity index is 2.15. The van der Waals surface area contributed by atoms with E-state index >= 15 is 0 Å². The van der Waals surface area contributed by atoms with Crippen molar-refractivity contribution in [2.45, 2.75) is 6.10 Å². The van der Waals surface area contributed by atoms with E-state index in [4.69, 9.17) is 0 Å². The van der Waals surface area contributed by atoms with Gasteiger partial charge in [-0.2, -0.15) is 0 Å². The second kappa shape index (κ2) is 4.55. The Hall–Kier alpha value is -2.26. The van der Waals surface area contributed by atoms with Crippen LogP contribution < -0.4 is 0 Å². The molecule has 2 heterocycles. The fourth-order valence-electron chi connectivity index (χ4n) is 2.10. The highest BCUT2D eigenvalue weighted by Crippen LogP contribution is 2.27. The summed E-state index contributed by atoms with van der Waals surface area (Å²) in [6.07, 6.45) is 6.26. The van der Waals surface area contributed by atoms with Crippen LogP contribution in [0.15, 0.2) is 61.2 Å². The predicted octanol–water partition coefficient (Wildman–Crippen LogP) is 2.71. The molecule has 1 N–H and O–H groups in total. The molecular weight excluding hydrogens is 224 g/mol. The number of hydrogen-bond acceptors (Lipinski definition) is 3. The summed E-state index contributed by atoms with van der Waals surface area (Å²) in [7, 11) is 0. The van der Waals surface area contributed by atoms with Crippen LogP contribution in [-0.4, -0.2) is 15.1 Å². The second-order valence-corrected chi connectivity index (χ2v) is 4.13. The summed E-state index contributed by atoms with van der Waals surface area (Å²) >= 11 is 0. The van der Waals surface area contributed by atoms with Crippen molar-refractivity contribution in [3.8, 4) is 0 Å². The molecule has 1 aromatic carbocycles. The molecule has 3 rings (SSSR count). The Morgan fingerprint density at radius 2 is 1.78 bits per heavy atom. The minimum atomic E-state index is -0.662. The van der Waals surface area contributed by atoms with Gasteiger partial charge in [-0.25, -0.2) is 0 Å². The second-order valence-electron chi connectivity index (χ2n) is 4.13. The van der Waals surface area contributed by atoms with E-state index in [1.165, 1.54) is 0 Å². The molecule has 0 aliphatic heterocycles. The van der Waals surface area contributed by atoms with Gasteiger partial charge in [0, 0.05) is 35.7 Å². The summed E-state index contributed by atoms with van der Waals surface area (Å²) in [6, 6.07) is 11.5. The highest BCUT2D eigenvalue weighted by atomic mass is 16.3. The molecule has 1 unspecified atom stereocenters. The number of aromatic nitrogens is 2. The molecule has 0 fully saturated rings. The summed E-state index contributed by atoms with van der Waals surface area (Å²) in [6.45, 7) is 0. The molecule has 0 amide bonds. The average molecular weight is 236 g/mol. The van der Waals surface area contributed by atoms with Crippen LogP contribution in [0.2, 0.25) is 0 Å². The van der Waals surface area contributed by atoms with Crippen LogP contribution in [0.4, 0.5) is 0 Å². The number of pyridine rings is 2. The molecule has 0 aliphatic carbocycles. The lowest BCUT2D eigenvalue weighted by molar-refractivity contribution is 0.221. The lowest BCUT2D eigenvalue weighted by Crippen LogP contribution is -2.00. The van der Waals surface area contributed by atoms with Gasteiger partial charge in [-0.3, -0.25) is 9.97 Å². The lowest BCUT2D eigenvalue weighted by atomic mass is 9.98. The van der Waals surface area contributed by atoms with Crippen molar-refractivity contribution in [2.75, 3.05) is 0 Å². The van der Waals surface area contributed by atoms with Gasteiger partial charge < -0.3 is 5.11 Å². The Morgan fingerprint density at radius 3 is 2.61 bits per heavy atom. The monoisotopic (exact) mass is 236 g/mol. The van der Waals surface area contributed by atoms with Gasteiger partial charge in [0.05, 0.1) is 0 Å². The molecule has 18 heavy (non-hydrogen) atoms. The Kier molecular flexibility index (Phi) is 2.74. The average Bonchev–Trinajstić information content (AvgIpc) is 2.47. The summed E-state index contributed by atoms with van der Waals surface area (Å²) < 4.78 is 0. The molecule has 0 spiro atoms. The van der Waals surface area contributed by atoms with Crippen molar-refractivity contribution in [2.24, 2.45) is 0 Å². The van der Waals surface area contributed by atoms with Crippen LogP contribution in [0, 0.1) is 0 Å².